The minimum atomic E-state index is -0.892. The number of hydrogen-bond donors (Lipinski definition) is 3. The van der Waals surface area contributed by atoms with Crippen molar-refractivity contribution in [2.45, 2.75) is 33.6 Å². The van der Waals surface area contributed by atoms with Crippen LogP contribution in [-0.4, -0.2) is 17.0 Å². The van der Waals surface area contributed by atoms with Gasteiger partial charge in [0.1, 0.15) is 0 Å². The molecule has 0 spiro atoms. The maximum atomic E-state index is 12.5. The highest BCUT2D eigenvalue weighted by molar-refractivity contribution is 5.96. The van der Waals surface area contributed by atoms with Crippen molar-refractivity contribution < 1.29 is 14.7 Å². The van der Waals surface area contributed by atoms with Crippen LogP contribution in [0.4, 0.5) is 11.4 Å². The van der Waals surface area contributed by atoms with Crippen LogP contribution in [0.2, 0.25) is 0 Å². The SMILES string of the molecule is CC1(C(=O)O)CCC(C(=O)Nc2ccccc2N)C1(C)C. The zero-order valence-electron chi connectivity index (χ0n) is 12.6. The Balaban J connectivity index is 2.22. The molecular formula is C16H22N2O3. The molecule has 0 saturated heterocycles. The number of nitrogens with two attached hydrogens (primary N) is 1. The molecule has 0 bridgehead atoms. The molecule has 1 saturated carbocycles. The average Bonchev–Trinajstić information content (AvgIpc) is 2.64. The summed E-state index contributed by atoms with van der Waals surface area (Å²) in [6.07, 6.45) is 1.06. The third kappa shape index (κ3) is 2.37. The minimum absolute atomic E-state index is 0.164. The summed E-state index contributed by atoms with van der Waals surface area (Å²) in [7, 11) is 0. The summed E-state index contributed by atoms with van der Waals surface area (Å²) in [5.41, 5.74) is 5.39. The van der Waals surface area contributed by atoms with Gasteiger partial charge >= 0.3 is 5.97 Å². The van der Waals surface area contributed by atoms with Gasteiger partial charge in [0.05, 0.1) is 16.8 Å². The highest BCUT2D eigenvalue weighted by atomic mass is 16.4. The molecule has 1 amide bonds. The standard InChI is InChI=1S/C16H22N2O3/c1-15(2)10(8-9-16(15,3)14(20)21)13(19)18-12-7-5-4-6-11(12)17/h4-7,10H,8-9,17H2,1-3H3,(H,18,19)(H,20,21). The number of rotatable bonds is 3. The van der Waals surface area contributed by atoms with Crippen molar-refractivity contribution in [1.29, 1.82) is 0 Å². The fraction of sp³-hybridized carbons (Fsp3) is 0.500. The van der Waals surface area contributed by atoms with Crippen LogP contribution in [0.15, 0.2) is 24.3 Å². The number of nitrogen functional groups attached to an aromatic ring is 1. The maximum absolute atomic E-state index is 12.5. The number of carboxylic acids is 1. The molecule has 0 radical (unpaired) electrons. The van der Waals surface area contributed by atoms with E-state index in [1.54, 1.807) is 31.2 Å². The van der Waals surface area contributed by atoms with Crippen LogP contribution in [0.3, 0.4) is 0 Å². The van der Waals surface area contributed by atoms with Gasteiger partial charge < -0.3 is 16.2 Å². The van der Waals surface area contributed by atoms with E-state index in [-0.39, 0.29) is 11.8 Å². The Kier molecular flexibility index (Phi) is 3.70. The van der Waals surface area contributed by atoms with E-state index in [1.807, 2.05) is 13.8 Å². The van der Waals surface area contributed by atoms with Gasteiger partial charge in [-0.25, -0.2) is 0 Å². The molecule has 2 rings (SSSR count). The molecule has 4 N–H and O–H groups in total. The van der Waals surface area contributed by atoms with Crippen molar-refractivity contribution in [3.8, 4) is 0 Å². The Hall–Kier alpha value is -2.04. The van der Waals surface area contributed by atoms with Crippen molar-refractivity contribution in [3.05, 3.63) is 24.3 Å². The van der Waals surface area contributed by atoms with E-state index in [0.717, 1.165) is 0 Å². The summed E-state index contributed by atoms with van der Waals surface area (Å²) < 4.78 is 0. The molecule has 2 unspecified atom stereocenters. The van der Waals surface area contributed by atoms with Gasteiger partial charge in [0.2, 0.25) is 5.91 Å². The van der Waals surface area contributed by atoms with E-state index in [2.05, 4.69) is 5.32 Å². The molecule has 5 heteroatoms. The quantitative estimate of drug-likeness (QED) is 0.746. The molecule has 0 aliphatic heterocycles. The number of carbonyl (C=O) groups is 2. The number of hydrogen-bond acceptors (Lipinski definition) is 3. The fourth-order valence-electron chi connectivity index (χ4n) is 3.17. The summed E-state index contributed by atoms with van der Waals surface area (Å²) >= 11 is 0. The first-order chi connectivity index (χ1) is 9.70. The van der Waals surface area contributed by atoms with Gasteiger partial charge in [-0.3, -0.25) is 9.59 Å². The molecule has 5 nitrogen and oxygen atoms in total. The van der Waals surface area contributed by atoms with E-state index in [4.69, 9.17) is 5.73 Å². The molecule has 114 valence electrons. The highest BCUT2D eigenvalue weighted by Crippen LogP contribution is 2.56. The van der Waals surface area contributed by atoms with Gasteiger partial charge in [-0.15, -0.1) is 0 Å². The number of amides is 1. The van der Waals surface area contributed by atoms with Gasteiger partial charge in [0.15, 0.2) is 0 Å². The normalized spacial score (nSPS) is 27.3. The molecule has 1 aromatic rings. The molecule has 1 aliphatic carbocycles. The lowest BCUT2D eigenvalue weighted by atomic mass is 9.65. The topological polar surface area (TPSA) is 92.4 Å². The largest absolute Gasteiger partial charge is 0.481 e. The van der Waals surface area contributed by atoms with E-state index in [0.29, 0.717) is 24.2 Å². The van der Waals surface area contributed by atoms with Gasteiger partial charge in [-0.05, 0) is 37.3 Å². The Morgan fingerprint density at radius 3 is 2.43 bits per heavy atom. The van der Waals surface area contributed by atoms with E-state index >= 15 is 0 Å². The highest BCUT2D eigenvalue weighted by Gasteiger charge is 2.58. The van der Waals surface area contributed by atoms with Crippen molar-refractivity contribution >= 4 is 23.3 Å². The second-order valence-electron chi connectivity index (χ2n) is 6.53. The minimum Gasteiger partial charge on any atom is -0.481 e. The first-order valence-corrected chi connectivity index (χ1v) is 7.09. The van der Waals surface area contributed by atoms with E-state index < -0.39 is 16.8 Å². The molecule has 1 aliphatic rings. The molecule has 1 aromatic carbocycles. The van der Waals surface area contributed by atoms with Crippen LogP contribution in [0.25, 0.3) is 0 Å². The molecule has 2 atom stereocenters. The number of nitrogens with one attached hydrogen (secondary N) is 1. The van der Waals surface area contributed by atoms with Gasteiger partial charge in [-0.2, -0.15) is 0 Å². The van der Waals surface area contributed by atoms with Crippen LogP contribution < -0.4 is 11.1 Å². The van der Waals surface area contributed by atoms with Gasteiger partial charge in [0, 0.05) is 5.92 Å². The molecule has 21 heavy (non-hydrogen) atoms. The van der Waals surface area contributed by atoms with Crippen LogP contribution in [-0.2, 0) is 9.59 Å². The smallest absolute Gasteiger partial charge is 0.309 e. The summed E-state index contributed by atoms with van der Waals surface area (Å²) in [6.45, 7) is 5.43. The van der Waals surface area contributed by atoms with Crippen molar-refractivity contribution in [2.75, 3.05) is 11.1 Å². The predicted octanol–water partition coefficient (Wildman–Crippen LogP) is 2.73. The van der Waals surface area contributed by atoms with E-state index in [9.17, 15) is 14.7 Å². The number of anilines is 2. The average molecular weight is 290 g/mol. The number of benzene rings is 1. The fourth-order valence-corrected chi connectivity index (χ4v) is 3.17. The van der Waals surface area contributed by atoms with E-state index in [1.165, 1.54) is 0 Å². The van der Waals surface area contributed by atoms with Crippen molar-refractivity contribution in [2.24, 2.45) is 16.7 Å². The second-order valence-corrected chi connectivity index (χ2v) is 6.53. The Morgan fingerprint density at radius 2 is 1.90 bits per heavy atom. The molecule has 0 heterocycles. The van der Waals surface area contributed by atoms with Crippen LogP contribution in [0.5, 0.6) is 0 Å². The summed E-state index contributed by atoms with van der Waals surface area (Å²) in [5.74, 6) is -1.36. The Bertz CT molecular complexity index is 583. The number of carboxylic acid groups (broad SMARTS) is 1. The van der Waals surface area contributed by atoms with Crippen LogP contribution >= 0.6 is 0 Å². The third-order valence-corrected chi connectivity index (χ3v) is 5.23. The van der Waals surface area contributed by atoms with Crippen LogP contribution in [0.1, 0.15) is 33.6 Å². The molecule has 0 aromatic heterocycles. The number of aliphatic carboxylic acids is 1. The van der Waals surface area contributed by atoms with Crippen LogP contribution in [0, 0.1) is 16.7 Å². The lowest BCUT2D eigenvalue weighted by Gasteiger charge is -2.37. The van der Waals surface area contributed by atoms with Crippen molar-refractivity contribution in [1.82, 2.24) is 0 Å². The molecule has 1 fully saturated rings. The first-order valence-electron chi connectivity index (χ1n) is 7.09. The monoisotopic (exact) mass is 290 g/mol. The van der Waals surface area contributed by atoms with Crippen molar-refractivity contribution in [3.63, 3.8) is 0 Å². The molecular weight excluding hydrogens is 268 g/mol. The predicted molar refractivity (Wildman–Crippen MR) is 81.7 cm³/mol. The lowest BCUT2D eigenvalue weighted by molar-refractivity contribution is -0.154. The maximum Gasteiger partial charge on any atom is 0.309 e. The zero-order chi connectivity index (χ0) is 15.8. The first kappa shape index (κ1) is 15.4. The second kappa shape index (κ2) is 5.06. The Morgan fingerprint density at radius 1 is 1.29 bits per heavy atom. The van der Waals surface area contributed by atoms with Gasteiger partial charge in [0.25, 0.3) is 0 Å². The summed E-state index contributed by atoms with van der Waals surface area (Å²) in [5, 5.41) is 12.3. The summed E-state index contributed by atoms with van der Waals surface area (Å²) in [6, 6.07) is 7.06. The lowest BCUT2D eigenvalue weighted by Crippen LogP contribution is -2.43. The number of carbonyl (C=O) groups excluding carboxylic acids is 1. The summed E-state index contributed by atoms with van der Waals surface area (Å²) in [4.78, 5) is 24.1. The zero-order valence-corrected chi connectivity index (χ0v) is 12.6. The third-order valence-electron chi connectivity index (χ3n) is 5.23. The number of para-hydroxylation sites is 2. The van der Waals surface area contributed by atoms with Gasteiger partial charge in [-0.1, -0.05) is 26.0 Å². The Labute approximate surface area is 124 Å².